The largest absolute Gasteiger partial charge is 0.488 e. The first-order chi connectivity index (χ1) is 11.2. The van der Waals surface area contributed by atoms with Crippen molar-refractivity contribution < 1.29 is 9.53 Å². The van der Waals surface area contributed by atoms with Crippen LogP contribution in [0, 0.1) is 0 Å². The maximum atomic E-state index is 12.5. The summed E-state index contributed by atoms with van der Waals surface area (Å²) in [6, 6.07) is 7.61. The van der Waals surface area contributed by atoms with Crippen molar-refractivity contribution in [1.82, 2.24) is 14.5 Å². The van der Waals surface area contributed by atoms with Crippen molar-refractivity contribution in [3.8, 4) is 5.75 Å². The number of aryl methyl sites for hydroxylation is 1. The molecule has 2 aliphatic rings. The topological polar surface area (TPSA) is 47.4 Å². The van der Waals surface area contributed by atoms with Crippen LogP contribution in [0.5, 0.6) is 5.75 Å². The predicted octanol–water partition coefficient (Wildman–Crippen LogP) is 2.20. The van der Waals surface area contributed by atoms with Crippen molar-refractivity contribution in [2.24, 2.45) is 7.05 Å². The maximum absolute atomic E-state index is 12.5. The molecule has 23 heavy (non-hydrogen) atoms. The monoisotopic (exact) mass is 329 g/mol. The SMILES string of the molecule is Cn1cccc1C(=O)N1CC2(C[C@H](Oc3cccnc3)CS2)C1. The van der Waals surface area contributed by atoms with E-state index in [1.54, 1.807) is 12.4 Å². The van der Waals surface area contributed by atoms with Crippen LogP contribution in [0.1, 0.15) is 16.9 Å². The Morgan fingerprint density at radius 1 is 1.39 bits per heavy atom. The Morgan fingerprint density at radius 3 is 2.96 bits per heavy atom. The highest BCUT2D eigenvalue weighted by Gasteiger charge is 2.51. The van der Waals surface area contributed by atoms with Gasteiger partial charge in [-0.25, -0.2) is 0 Å². The van der Waals surface area contributed by atoms with Crippen LogP contribution in [0.15, 0.2) is 42.9 Å². The molecular formula is C17H19N3O2S. The van der Waals surface area contributed by atoms with Gasteiger partial charge in [0, 0.05) is 44.7 Å². The number of likely N-dealkylation sites (tertiary alicyclic amines) is 1. The summed E-state index contributed by atoms with van der Waals surface area (Å²) in [4.78, 5) is 18.5. The fourth-order valence-electron chi connectivity index (χ4n) is 3.35. The fourth-order valence-corrected chi connectivity index (χ4v) is 4.87. The third-order valence-corrected chi connectivity index (χ3v) is 6.10. The van der Waals surface area contributed by atoms with E-state index in [1.807, 2.05) is 58.7 Å². The molecule has 2 fully saturated rings. The van der Waals surface area contributed by atoms with Gasteiger partial charge in [0.1, 0.15) is 17.5 Å². The van der Waals surface area contributed by atoms with Crippen molar-refractivity contribution >= 4 is 17.7 Å². The highest BCUT2D eigenvalue weighted by atomic mass is 32.2. The zero-order chi connectivity index (χ0) is 15.9. The molecule has 0 saturated carbocycles. The van der Waals surface area contributed by atoms with Gasteiger partial charge in [-0.2, -0.15) is 0 Å². The summed E-state index contributed by atoms with van der Waals surface area (Å²) in [7, 11) is 1.91. The van der Waals surface area contributed by atoms with Crippen LogP contribution >= 0.6 is 11.8 Å². The Balaban J connectivity index is 1.35. The van der Waals surface area contributed by atoms with Gasteiger partial charge in [0.05, 0.1) is 10.9 Å². The Kier molecular flexibility index (Phi) is 3.56. The first kappa shape index (κ1) is 14.6. The second kappa shape index (κ2) is 5.60. The number of rotatable bonds is 3. The average molecular weight is 329 g/mol. The third-order valence-electron chi connectivity index (χ3n) is 4.52. The summed E-state index contributed by atoms with van der Waals surface area (Å²) in [6.07, 6.45) is 6.60. The zero-order valence-corrected chi connectivity index (χ0v) is 13.8. The average Bonchev–Trinajstić information content (AvgIpc) is 3.13. The number of aromatic nitrogens is 2. The van der Waals surface area contributed by atoms with Crippen molar-refractivity contribution in [3.63, 3.8) is 0 Å². The highest BCUT2D eigenvalue weighted by Crippen LogP contribution is 2.46. The van der Waals surface area contributed by atoms with Gasteiger partial charge in [-0.1, -0.05) is 0 Å². The summed E-state index contributed by atoms with van der Waals surface area (Å²) in [5, 5.41) is 0. The standard InChI is InChI=1S/C17H19N3O2S/c1-19-7-3-5-15(19)16(21)20-11-17(12-20)8-14(10-23-17)22-13-4-2-6-18-9-13/h2-7,9,14H,8,10-12H2,1H3/t14-/m0/s1. The molecule has 4 rings (SSSR count). The molecule has 0 aliphatic carbocycles. The van der Waals surface area contributed by atoms with Gasteiger partial charge in [-0.05, 0) is 24.3 Å². The number of hydrogen-bond donors (Lipinski definition) is 0. The van der Waals surface area contributed by atoms with Crippen LogP contribution in [-0.4, -0.2) is 50.1 Å². The minimum Gasteiger partial charge on any atom is -0.488 e. The Labute approximate surface area is 139 Å². The highest BCUT2D eigenvalue weighted by molar-refractivity contribution is 8.01. The van der Waals surface area contributed by atoms with Gasteiger partial charge in [0.2, 0.25) is 0 Å². The van der Waals surface area contributed by atoms with E-state index >= 15 is 0 Å². The number of pyridine rings is 1. The lowest BCUT2D eigenvalue weighted by molar-refractivity contribution is 0.0508. The quantitative estimate of drug-likeness (QED) is 0.866. The molecule has 1 spiro atoms. The van der Waals surface area contributed by atoms with E-state index in [9.17, 15) is 4.79 Å². The number of ether oxygens (including phenoxy) is 1. The van der Waals surface area contributed by atoms with Crippen LogP contribution in [-0.2, 0) is 7.05 Å². The third kappa shape index (κ3) is 2.72. The van der Waals surface area contributed by atoms with Crippen molar-refractivity contribution in [2.45, 2.75) is 17.3 Å². The second-order valence-corrected chi connectivity index (χ2v) is 7.78. The number of carbonyl (C=O) groups excluding carboxylic acids is 1. The van der Waals surface area contributed by atoms with Crippen LogP contribution in [0.4, 0.5) is 0 Å². The molecule has 0 unspecified atom stereocenters. The lowest BCUT2D eigenvalue weighted by Crippen LogP contribution is -2.61. The molecule has 1 amide bonds. The molecule has 1 atom stereocenters. The van der Waals surface area contributed by atoms with Crippen molar-refractivity contribution in [3.05, 3.63) is 48.5 Å². The minimum absolute atomic E-state index is 0.125. The molecule has 2 aliphatic heterocycles. The van der Waals surface area contributed by atoms with E-state index in [0.29, 0.717) is 0 Å². The minimum atomic E-state index is 0.125. The van der Waals surface area contributed by atoms with E-state index in [2.05, 4.69) is 4.98 Å². The molecule has 2 saturated heterocycles. The lowest BCUT2D eigenvalue weighted by atomic mass is 9.92. The van der Waals surface area contributed by atoms with E-state index in [4.69, 9.17) is 4.74 Å². The number of amides is 1. The van der Waals surface area contributed by atoms with Crippen LogP contribution in [0.25, 0.3) is 0 Å². The summed E-state index contributed by atoms with van der Waals surface area (Å²) in [5.41, 5.74) is 0.756. The summed E-state index contributed by atoms with van der Waals surface area (Å²) < 4.78 is 8.06. The Morgan fingerprint density at radius 2 is 2.26 bits per heavy atom. The van der Waals surface area contributed by atoms with E-state index in [0.717, 1.165) is 36.7 Å². The van der Waals surface area contributed by atoms with Gasteiger partial charge in [-0.15, -0.1) is 11.8 Å². The second-order valence-electron chi connectivity index (χ2n) is 6.29. The van der Waals surface area contributed by atoms with Gasteiger partial charge in [-0.3, -0.25) is 9.78 Å². The summed E-state index contributed by atoms with van der Waals surface area (Å²) >= 11 is 1.94. The fraction of sp³-hybridized carbons (Fsp3) is 0.412. The van der Waals surface area contributed by atoms with Gasteiger partial charge < -0.3 is 14.2 Å². The molecule has 0 N–H and O–H groups in total. The number of hydrogen-bond acceptors (Lipinski definition) is 4. The summed E-state index contributed by atoms with van der Waals surface area (Å²) in [6.45, 7) is 1.63. The van der Waals surface area contributed by atoms with Gasteiger partial charge >= 0.3 is 0 Å². The lowest BCUT2D eigenvalue weighted by Gasteiger charge is -2.47. The molecule has 2 aromatic rings. The Bertz CT molecular complexity index is 710. The number of nitrogens with zero attached hydrogens (tertiary/aromatic N) is 3. The van der Waals surface area contributed by atoms with Gasteiger partial charge in [0.25, 0.3) is 5.91 Å². The van der Waals surface area contributed by atoms with E-state index in [-0.39, 0.29) is 16.8 Å². The molecular weight excluding hydrogens is 310 g/mol. The predicted molar refractivity (Wildman–Crippen MR) is 89.8 cm³/mol. The van der Waals surface area contributed by atoms with Crippen molar-refractivity contribution in [2.75, 3.05) is 18.8 Å². The smallest absolute Gasteiger partial charge is 0.270 e. The van der Waals surface area contributed by atoms with Crippen LogP contribution in [0.2, 0.25) is 0 Å². The molecule has 4 heterocycles. The molecule has 5 nitrogen and oxygen atoms in total. The number of thioether (sulfide) groups is 1. The van der Waals surface area contributed by atoms with Crippen LogP contribution in [0.3, 0.4) is 0 Å². The molecule has 0 bridgehead atoms. The van der Waals surface area contributed by atoms with Crippen molar-refractivity contribution in [1.29, 1.82) is 0 Å². The molecule has 120 valence electrons. The maximum Gasteiger partial charge on any atom is 0.270 e. The van der Waals surface area contributed by atoms with Crippen LogP contribution < -0.4 is 4.74 Å². The zero-order valence-electron chi connectivity index (χ0n) is 13.0. The molecule has 2 aromatic heterocycles. The molecule has 6 heteroatoms. The molecule has 0 aromatic carbocycles. The van der Waals surface area contributed by atoms with E-state index < -0.39 is 0 Å². The first-order valence-corrected chi connectivity index (χ1v) is 8.75. The normalized spacial score (nSPS) is 22.1. The van der Waals surface area contributed by atoms with E-state index in [1.165, 1.54) is 0 Å². The summed E-state index contributed by atoms with van der Waals surface area (Å²) in [5.74, 6) is 1.92. The number of carbonyl (C=O) groups is 1. The Hall–Kier alpha value is -1.95. The first-order valence-electron chi connectivity index (χ1n) is 7.76. The van der Waals surface area contributed by atoms with Gasteiger partial charge in [0.15, 0.2) is 0 Å². The molecule has 0 radical (unpaired) electrons.